The van der Waals surface area contributed by atoms with Gasteiger partial charge in [-0.15, -0.1) is 11.8 Å². The van der Waals surface area contributed by atoms with Crippen molar-refractivity contribution in [3.63, 3.8) is 0 Å². The normalized spacial score (nSPS) is 22.4. The molecule has 0 aromatic heterocycles. The Kier molecular flexibility index (Phi) is 8.97. The highest BCUT2D eigenvalue weighted by atomic mass is 32.2. The number of carboxylic acid groups (broad SMARTS) is 2. The molecule has 2 aliphatic rings. The molecule has 0 spiro atoms. The zero-order valence-electron chi connectivity index (χ0n) is 18.1. The number of hydrogen-bond acceptors (Lipinski definition) is 11. The number of carbonyl (C=O) groups is 6. The van der Waals surface area contributed by atoms with Gasteiger partial charge in [0.25, 0.3) is 11.6 Å². The molecule has 1 fully saturated rings. The van der Waals surface area contributed by atoms with Crippen molar-refractivity contribution in [2.24, 2.45) is 11.5 Å². The lowest BCUT2D eigenvalue weighted by Gasteiger charge is -2.55. The number of β-lactam (4-membered cyclic amide) rings is 1. The van der Waals surface area contributed by atoms with E-state index >= 15 is 0 Å². The molecule has 8 N–H and O–H groups in total. The molecule has 34 heavy (non-hydrogen) atoms. The second kappa shape index (κ2) is 11.3. The Morgan fingerprint density at radius 2 is 1.97 bits per heavy atom. The number of carbonyl (C=O) groups excluding carboxylic acids is 4. The Bertz CT molecular complexity index is 925. The van der Waals surface area contributed by atoms with Gasteiger partial charge in [-0.05, 0) is 12.8 Å². The summed E-state index contributed by atoms with van der Waals surface area (Å²) in [4.78, 5) is 72.1. The van der Waals surface area contributed by atoms with Crippen molar-refractivity contribution in [2.45, 2.75) is 36.4 Å². The van der Waals surface area contributed by atoms with E-state index in [9.17, 15) is 39.0 Å². The summed E-state index contributed by atoms with van der Waals surface area (Å²) in [6, 6.07) is -1.11. The van der Waals surface area contributed by atoms with E-state index in [1.165, 1.54) is 0 Å². The van der Waals surface area contributed by atoms with Gasteiger partial charge in [-0.3, -0.25) is 35.1 Å². The van der Waals surface area contributed by atoms with Crippen molar-refractivity contribution in [1.82, 2.24) is 15.5 Å². The van der Waals surface area contributed by atoms with E-state index in [0.717, 1.165) is 23.8 Å². The molecule has 1 saturated heterocycles. The summed E-state index contributed by atoms with van der Waals surface area (Å²) < 4.78 is 9.93. The number of primary amides is 1. The van der Waals surface area contributed by atoms with Gasteiger partial charge in [-0.1, -0.05) is 0 Å². The first-order valence-corrected chi connectivity index (χ1v) is 10.9. The summed E-state index contributed by atoms with van der Waals surface area (Å²) in [6.07, 6.45) is -0.111. The standard InChI is InChI=1S/C18H25N5O10S/c1-32-18(22-11(25)4-2-3-9(13(26)27)21-5-10(20)24)16(31)23-12(14(28)29)8(6-34-17(18)23)15(30)33-7-19/h9,17,21H,2-7,19H2,1H3,(H2,20,24)(H,22,25)(H,26,27)(H,28,29)/t9?,17-,18+/m1/s1. The van der Waals surface area contributed by atoms with E-state index < -0.39 is 65.2 Å². The lowest BCUT2D eigenvalue weighted by molar-refractivity contribution is -0.192. The molecule has 0 bridgehead atoms. The number of amides is 3. The van der Waals surface area contributed by atoms with Crippen LogP contribution in [0.25, 0.3) is 0 Å². The Labute approximate surface area is 197 Å². The number of carboxylic acids is 2. The van der Waals surface area contributed by atoms with Crippen molar-refractivity contribution in [2.75, 3.05) is 26.1 Å². The van der Waals surface area contributed by atoms with E-state index in [1.807, 2.05) is 0 Å². The number of thioether (sulfide) groups is 1. The average Bonchev–Trinajstić information content (AvgIpc) is 2.77. The Balaban J connectivity index is 2.07. The Hall–Kier alpha value is -3.21. The number of hydrogen-bond donors (Lipinski definition) is 6. The molecule has 2 rings (SSSR count). The Morgan fingerprint density at radius 3 is 2.50 bits per heavy atom. The fourth-order valence-electron chi connectivity index (χ4n) is 3.47. The van der Waals surface area contributed by atoms with Crippen LogP contribution in [0, 0.1) is 0 Å². The number of nitrogens with one attached hydrogen (secondary N) is 2. The van der Waals surface area contributed by atoms with Crippen LogP contribution < -0.4 is 22.1 Å². The van der Waals surface area contributed by atoms with Crippen LogP contribution >= 0.6 is 11.8 Å². The highest BCUT2D eigenvalue weighted by Gasteiger charge is 2.67. The average molecular weight is 503 g/mol. The number of aliphatic carboxylic acids is 2. The van der Waals surface area contributed by atoms with Gasteiger partial charge in [0, 0.05) is 19.3 Å². The van der Waals surface area contributed by atoms with Crippen molar-refractivity contribution < 1.29 is 48.5 Å². The van der Waals surface area contributed by atoms with E-state index in [4.69, 9.17) is 16.2 Å². The number of esters is 1. The molecular weight excluding hydrogens is 478 g/mol. The van der Waals surface area contributed by atoms with Gasteiger partial charge < -0.3 is 30.7 Å². The van der Waals surface area contributed by atoms with Crippen molar-refractivity contribution >= 4 is 47.4 Å². The van der Waals surface area contributed by atoms with Crippen molar-refractivity contribution in [3.8, 4) is 0 Å². The summed E-state index contributed by atoms with van der Waals surface area (Å²) in [5, 5.41) is 22.7. The molecular formula is C18H25N5O10S. The van der Waals surface area contributed by atoms with Crippen LogP contribution in [-0.2, 0) is 38.2 Å². The highest BCUT2D eigenvalue weighted by Crippen LogP contribution is 2.46. The minimum absolute atomic E-state index is 0.00716. The minimum Gasteiger partial charge on any atom is -0.480 e. The summed E-state index contributed by atoms with van der Waals surface area (Å²) in [6.45, 7) is -0.824. The lowest BCUT2D eigenvalue weighted by atomic mass is 9.97. The van der Waals surface area contributed by atoms with E-state index in [1.54, 1.807) is 0 Å². The monoisotopic (exact) mass is 503 g/mol. The third-order valence-electron chi connectivity index (χ3n) is 5.06. The van der Waals surface area contributed by atoms with E-state index in [2.05, 4.69) is 15.4 Å². The SMILES string of the molecule is CO[C@@]1(NC(=O)CCCC(NCC(N)=O)C(=O)O)C(=O)N2C(C(=O)O)=C(C(=O)OCN)CS[C@@H]21. The van der Waals surface area contributed by atoms with Gasteiger partial charge in [0.15, 0.2) is 0 Å². The molecule has 3 atom stereocenters. The molecule has 2 heterocycles. The third kappa shape index (κ3) is 5.46. The van der Waals surface area contributed by atoms with Crippen LogP contribution in [0.1, 0.15) is 19.3 Å². The molecule has 2 aliphatic heterocycles. The first-order chi connectivity index (χ1) is 16.0. The predicted octanol–water partition coefficient (Wildman–Crippen LogP) is -3.14. The van der Waals surface area contributed by atoms with Gasteiger partial charge in [0.2, 0.25) is 11.8 Å². The topological polar surface area (TPSA) is 241 Å². The highest BCUT2D eigenvalue weighted by molar-refractivity contribution is 8.00. The van der Waals surface area contributed by atoms with Crippen LogP contribution in [-0.4, -0.2) is 94.0 Å². The molecule has 0 saturated carbocycles. The fourth-order valence-corrected chi connectivity index (χ4v) is 4.89. The van der Waals surface area contributed by atoms with Crippen LogP contribution in [0.2, 0.25) is 0 Å². The van der Waals surface area contributed by atoms with Gasteiger partial charge in [0.05, 0.1) is 12.1 Å². The Morgan fingerprint density at radius 1 is 1.29 bits per heavy atom. The summed E-state index contributed by atoms with van der Waals surface area (Å²) >= 11 is 0.987. The molecule has 16 heteroatoms. The largest absolute Gasteiger partial charge is 0.480 e. The van der Waals surface area contributed by atoms with Gasteiger partial charge in [-0.2, -0.15) is 0 Å². The van der Waals surface area contributed by atoms with Gasteiger partial charge in [-0.25, -0.2) is 9.59 Å². The lowest BCUT2D eigenvalue weighted by Crippen LogP contribution is -2.80. The van der Waals surface area contributed by atoms with Crippen LogP contribution in [0.15, 0.2) is 11.3 Å². The number of nitrogens with two attached hydrogens (primary N) is 2. The molecule has 0 aromatic carbocycles. The number of nitrogens with zero attached hydrogens (tertiary/aromatic N) is 1. The first-order valence-electron chi connectivity index (χ1n) is 9.89. The quantitative estimate of drug-likeness (QED) is 0.0828. The maximum absolute atomic E-state index is 12.9. The summed E-state index contributed by atoms with van der Waals surface area (Å²) in [7, 11) is 1.16. The molecule has 188 valence electrons. The molecule has 3 amide bonds. The molecule has 0 aliphatic carbocycles. The maximum atomic E-state index is 12.9. The first kappa shape index (κ1) is 27.0. The molecule has 0 radical (unpaired) electrons. The van der Waals surface area contributed by atoms with Crippen molar-refractivity contribution in [3.05, 3.63) is 11.3 Å². The smallest absolute Gasteiger partial charge is 0.353 e. The van der Waals surface area contributed by atoms with Gasteiger partial charge >= 0.3 is 17.9 Å². The van der Waals surface area contributed by atoms with Crippen LogP contribution in [0.4, 0.5) is 0 Å². The zero-order valence-corrected chi connectivity index (χ0v) is 18.9. The van der Waals surface area contributed by atoms with Crippen LogP contribution in [0.5, 0.6) is 0 Å². The van der Waals surface area contributed by atoms with E-state index in [-0.39, 0.29) is 37.1 Å². The minimum atomic E-state index is -1.87. The van der Waals surface area contributed by atoms with Gasteiger partial charge in [0.1, 0.15) is 23.8 Å². The molecule has 0 aromatic rings. The second-order valence-electron chi connectivity index (χ2n) is 7.19. The van der Waals surface area contributed by atoms with Crippen LogP contribution in [0.3, 0.4) is 0 Å². The predicted molar refractivity (Wildman–Crippen MR) is 113 cm³/mol. The number of ether oxygens (including phenoxy) is 2. The third-order valence-corrected chi connectivity index (χ3v) is 6.37. The number of fused-ring (bicyclic) bond motifs is 1. The summed E-state index contributed by atoms with van der Waals surface area (Å²) in [5.41, 5.74) is 7.42. The zero-order chi connectivity index (χ0) is 25.6. The number of rotatable bonds is 13. The molecule has 1 unspecified atom stereocenters. The number of methoxy groups -OCH3 is 1. The van der Waals surface area contributed by atoms with Crippen molar-refractivity contribution in [1.29, 1.82) is 0 Å². The van der Waals surface area contributed by atoms with E-state index in [0.29, 0.717) is 0 Å². The fraction of sp³-hybridized carbons (Fsp3) is 0.556. The maximum Gasteiger partial charge on any atom is 0.353 e. The molecule has 15 nitrogen and oxygen atoms in total. The second-order valence-corrected chi connectivity index (χ2v) is 8.26. The summed E-state index contributed by atoms with van der Waals surface area (Å²) in [5.74, 6) is -6.17.